The number of imide groups is 1. The number of fused-ring (bicyclic) bond motifs is 9. The second kappa shape index (κ2) is 9.73. The Hall–Kier alpha value is -3.58. The lowest BCUT2D eigenvalue weighted by atomic mass is 9.68. The van der Waals surface area contributed by atoms with E-state index in [-0.39, 0.29) is 70.0 Å². The van der Waals surface area contributed by atoms with Gasteiger partial charge in [0.2, 0.25) is 17.7 Å². The van der Waals surface area contributed by atoms with Crippen LogP contribution >= 0.6 is 23.1 Å². The van der Waals surface area contributed by atoms with E-state index in [0.717, 1.165) is 38.3 Å². The van der Waals surface area contributed by atoms with Crippen LogP contribution in [0.3, 0.4) is 0 Å². The fourth-order valence-corrected chi connectivity index (χ4v) is 10.5. The first-order valence-corrected chi connectivity index (χ1v) is 15.2. The molecule has 2 saturated carbocycles. The largest absolute Gasteiger partial charge is 0.508 e. The van der Waals surface area contributed by atoms with Crippen LogP contribution in [0.4, 0.5) is 18.9 Å². The zero-order valence-corrected chi connectivity index (χ0v) is 23.4. The van der Waals surface area contributed by atoms with Crippen molar-refractivity contribution in [1.29, 1.82) is 0 Å². The molecule has 3 aromatic rings. The van der Waals surface area contributed by atoms with Gasteiger partial charge in [0.1, 0.15) is 5.75 Å². The van der Waals surface area contributed by atoms with Gasteiger partial charge in [0.25, 0.3) is 0 Å². The monoisotopic (exact) mass is 615 g/mol. The minimum absolute atomic E-state index is 0.0226. The van der Waals surface area contributed by atoms with Crippen LogP contribution in [0.25, 0.3) is 0 Å². The van der Waals surface area contributed by atoms with Gasteiger partial charge < -0.3 is 15.4 Å². The van der Waals surface area contributed by atoms with E-state index < -0.39 is 29.5 Å². The molecule has 7 unspecified atom stereocenters. The van der Waals surface area contributed by atoms with Crippen molar-refractivity contribution in [2.45, 2.75) is 35.2 Å². The molecule has 8 nitrogen and oxygen atoms in total. The Morgan fingerprint density at radius 2 is 1.79 bits per heavy atom. The summed E-state index contributed by atoms with van der Waals surface area (Å²) in [7, 11) is 0. The number of anilines is 1. The van der Waals surface area contributed by atoms with Crippen molar-refractivity contribution in [3.63, 3.8) is 0 Å². The Balaban J connectivity index is 1.11. The highest BCUT2D eigenvalue weighted by molar-refractivity contribution is 8.00. The zero-order valence-electron chi connectivity index (χ0n) is 21.8. The number of aromatic hydroxyl groups is 1. The number of thiazole rings is 1. The van der Waals surface area contributed by atoms with Gasteiger partial charge in [-0.1, -0.05) is 35.6 Å². The van der Waals surface area contributed by atoms with Gasteiger partial charge in [-0.2, -0.15) is 13.2 Å². The number of aromatic amines is 1. The molecule has 13 heteroatoms. The van der Waals surface area contributed by atoms with Crippen LogP contribution in [0.5, 0.6) is 5.75 Å². The van der Waals surface area contributed by atoms with Crippen molar-refractivity contribution < 1.29 is 32.7 Å². The topological polar surface area (TPSA) is 120 Å². The van der Waals surface area contributed by atoms with E-state index >= 15 is 0 Å². The molecule has 3 fully saturated rings. The first-order chi connectivity index (χ1) is 20.0. The van der Waals surface area contributed by atoms with Gasteiger partial charge >= 0.3 is 11.0 Å². The normalized spacial score (nSPS) is 29.4. The number of thioether (sulfide) groups is 1. The number of aromatic nitrogens is 1. The summed E-state index contributed by atoms with van der Waals surface area (Å²) in [6.45, 7) is -0.166. The third-order valence-corrected chi connectivity index (χ3v) is 11.7. The SMILES string of the molecule is O=C(CCN1C(=O)C2C3CC(C2C1=O)C1C(c2ccccc2O)c2sc(=O)[nH]c2SC31)Nc1cccc(C(F)(F)F)c1. The number of phenols is 1. The summed E-state index contributed by atoms with van der Waals surface area (Å²) < 4.78 is 39.1. The van der Waals surface area contributed by atoms with Crippen molar-refractivity contribution >= 4 is 46.5 Å². The number of rotatable bonds is 5. The minimum atomic E-state index is -4.56. The van der Waals surface area contributed by atoms with E-state index in [4.69, 9.17) is 0 Å². The Labute approximate surface area is 245 Å². The third kappa shape index (κ3) is 4.19. The number of nitrogens with zero attached hydrogens (tertiary/aromatic N) is 1. The Morgan fingerprint density at radius 1 is 1.05 bits per heavy atom. The van der Waals surface area contributed by atoms with Crippen LogP contribution in [-0.4, -0.2) is 44.5 Å². The molecule has 0 spiro atoms. The molecule has 3 heterocycles. The second-order valence-electron chi connectivity index (χ2n) is 11.2. The summed E-state index contributed by atoms with van der Waals surface area (Å²) in [5.74, 6) is -2.87. The maximum absolute atomic E-state index is 13.7. The fraction of sp³-hybridized carbons (Fsp3) is 0.379. The molecule has 3 N–H and O–H groups in total. The van der Waals surface area contributed by atoms with E-state index in [0.29, 0.717) is 12.0 Å². The van der Waals surface area contributed by atoms with E-state index in [1.807, 2.05) is 12.1 Å². The summed E-state index contributed by atoms with van der Waals surface area (Å²) in [6.07, 6.45) is -4.12. The van der Waals surface area contributed by atoms with Gasteiger partial charge in [-0.05, 0) is 48.4 Å². The number of hydrogen-bond acceptors (Lipinski definition) is 7. The lowest BCUT2D eigenvalue weighted by Gasteiger charge is -2.43. The van der Waals surface area contributed by atoms with Crippen molar-refractivity contribution in [3.8, 4) is 5.75 Å². The van der Waals surface area contributed by atoms with Gasteiger partial charge in [-0.25, -0.2) is 0 Å². The van der Waals surface area contributed by atoms with Gasteiger partial charge in [-0.15, -0.1) is 11.8 Å². The fourth-order valence-electron chi connectivity index (χ4n) is 7.61. The lowest BCUT2D eigenvalue weighted by Crippen LogP contribution is -2.42. The number of para-hydroxylation sites is 1. The molecule has 4 aliphatic rings. The number of carbonyl (C=O) groups is 3. The van der Waals surface area contributed by atoms with Gasteiger partial charge in [0.15, 0.2) is 0 Å². The quantitative estimate of drug-likeness (QED) is 0.359. The maximum Gasteiger partial charge on any atom is 0.416 e. The molecule has 2 aliphatic carbocycles. The highest BCUT2D eigenvalue weighted by atomic mass is 32.2. The molecule has 2 bridgehead atoms. The van der Waals surface area contributed by atoms with Crippen molar-refractivity contribution in [2.24, 2.45) is 29.6 Å². The lowest BCUT2D eigenvalue weighted by molar-refractivity contribution is -0.141. The smallest absolute Gasteiger partial charge is 0.416 e. The summed E-state index contributed by atoms with van der Waals surface area (Å²) in [5.41, 5.74) is -0.229. The molecule has 3 amide bonds. The van der Waals surface area contributed by atoms with Crippen molar-refractivity contribution in [1.82, 2.24) is 9.88 Å². The molecule has 1 saturated heterocycles. The van der Waals surface area contributed by atoms with Gasteiger partial charge in [0, 0.05) is 40.3 Å². The maximum atomic E-state index is 13.7. The number of nitrogens with one attached hydrogen (secondary N) is 2. The van der Waals surface area contributed by atoms with Crippen LogP contribution < -0.4 is 10.2 Å². The summed E-state index contributed by atoms with van der Waals surface area (Å²) in [6, 6.07) is 11.3. The van der Waals surface area contributed by atoms with E-state index in [9.17, 15) is 37.5 Å². The van der Waals surface area contributed by atoms with Crippen molar-refractivity contribution in [3.05, 3.63) is 74.2 Å². The Bertz CT molecular complexity index is 1690. The summed E-state index contributed by atoms with van der Waals surface area (Å²) in [5, 5.41) is 13.9. The highest BCUT2D eigenvalue weighted by Gasteiger charge is 2.69. The molecule has 7 atom stereocenters. The number of likely N-dealkylation sites (tertiary alicyclic amines) is 1. The number of alkyl halides is 3. The van der Waals surface area contributed by atoms with Crippen LogP contribution in [0.2, 0.25) is 0 Å². The van der Waals surface area contributed by atoms with E-state index in [1.54, 1.807) is 12.1 Å². The van der Waals surface area contributed by atoms with Gasteiger partial charge in [0.05, 0.1) is 22.4 Å². The predicted molar refractivity (Wildman–Crippen MR) is 148 cm³/mol. The average molecular weight is 616 g/mol. The molecule has 0 radical (unpaired) electrons. The molecule has 2 aromatic carbocycles. The molecular weight excluding hydrogens is 591 g/mol. The molecule has 218 valence electrons. The molecular formula is C29H24F3N3O5S2. The summed E-state index contributed by atoms with van der Waals surface area (Å²) in [4.78, 5) is 56.9. The Kier molecular flexibility index (Phi) is 6.32. The van der Waals surface area contributed by atoms with Crippen LogP contribution in [0, 0.1) is 29.6 Å². The summed E-state index contributed by atoms with van der Waals surface area (Å²) >= 11 is 2.65. The minimum Gasteiger partial charge on any atom is -0.508 e. The number of hydrogen-bond donors (Lipinski definition) is 3. The van der Waals surface area contributed by atoms with E-state index in [2.05, 4.69) is 10.3 Å². The molecule has 42 heavy (non-hydrogen) atoms. The highest BCUT2D eigenvalue weighted by Crippen LogP contribution is 2.68. The second-order valence-corrected chi connectivity index (χ2v) is 13.4. The predicted octanol–water partition coefficient (Wildman–Crippen LogP) is 4.66. The molecule has 1 aromatic heterocycles. The first-order valence-electron chi connectivity index (χ1n) is 13.5. The third-order valence-electron chi connectivity index (χ3n) is 9.12. The van der Waals surface area contributed by atoms with Crippen LogP contribution in [0.15, 0.2) is 58.4 Å². The van der Waals surface area contributed by atoms with Crippen LogP contribution in [0.1, 0.15) is 34.8 Å². The number of halogens is 3. The molecule has 7 rings (SSSR count). The van der Waals surface area contributed by atoms with Crippen molar-refractivity contribution in [2.75, 3.05) is 11.9 Å². The first kappa shape index (κ1) is 27.3. The molecule has 2 aliphatic heterocycles. The number of carbonyl (C=O) groups excluding carboxylic acids is 3. The number of phenolic OH excluding ortho intramolecular Hbond substituents is 1. The number of H-pyrrole nitrogens is 1. The van der Waals surface area contributed by atoms with E-state index in [1.165, 1.54) is 23.9 Å². The zero-order chi connectivity index (χ0) is 29.5. The number of benzene rings is 2. The van der Waals surface area contributed by atoms with Gasteiger partial charge in [-0.3, -0.25) is 24.1 Å². The number of amides is 3. The standard InChI is InChI=1S/C29H24F3N3O5S2/c30-29(31,32)12-4-3-5-13(10-12)33-18(37)8-9-35-26(38)21-15-11-16(22(21)27(35)39)23-20(15)19(14-6-1-2-7-17(14)36)24-25(41-23)34-28(40)42-24/h1-7,10,15-16,19-23,36H,8-9,11H2,(H,33,37)(H,34,40). The Morgan fingerprint density at radius 3 is 2.52 bits per heavy atom. The van der Waals surface area contributed by atoms with Crippen LogP contribution in [-0.2, 0) is 20.6 Å². The average Bonchev–Trinajstić information content (AvgIpc) is 3.67.